The molecule has 0 atom stereocenters. The molecule has 92 valence electrons. The van der Waals surface area contributed by atoms with Gasteiger partial charge in [0.05, 0.1) is 12.0 Å². The number of halogens is 1. The minimum absolute atomic E-state index is 0.217. The number of methoxy groups -OCH3 is 1. The first-order valence-corrected chi connectivity index (χ1v) is 6.51. The molecule has 0 saturated carbocycles. The van der Waals surface area contributed by atoms with Gasteiger partial charge in [0.15, 0.2) is 0 Å². The number of fused-ring (bicyclic) bond motifs is 1. The van der Waals surface area contributed by atoms with E-state index in [1.165, 1.54) is 4.88 Å². The molecule has 17 heavy (non-hydrogen) atoms. The Balaban J connectivity index is 2.34. The number of aromatic nitrogens is 2. The smallest absolute Gasteiger partial charge is 0.227 e. The minimum Gasteiger partial charge on any atom is -0.475 e. The summed E-state index contributed by atoms with van der Waals surface area (Å²) >= 11 is 7.48. The van der Waals surface area contributed by atoms with Gasteiger partial charge in [-0.15, -0.1) is 11.3 Å². The van der Waals surface area contributed by atoms with Gasteiger partial charge in [0, 0.05) is 12.0 Å². The summed E-state index contributed by atoms with van der Waals surface area (Å²) in [6.45, 7) is 3.08. The molecular weight excluding hydrogens is 260 g/mol. The molecule has 0 amide bonds. The van der Waals surface area contributed by atoms with Crippen molar-refractivity contribution >= 4 is 33.2 Å². The third-order valence-electron chi connectivity index (χ3n) is 2.26. The van der Waals surface area contributed by atoms with E-state index >= 15 is 0 Å². The molecule has 2 rings (SSSR count). The first-order chi connectivity index (χ1) is 8.24. The van der Waals surface area contributed by atoms with Crippen LogP contribution < -0.4 is 4.74 Å². The molecule has 0 aliphatic carbocycles. The molecule has 0 aliphatic heterocycles. The van der Waals surface area contributed by atoms with Gasteiger partial charge in [0.25, 0.3) is 0 Å². The summed E-state index contributed by atoms with van der Waals surface area (Å²) in [4.78, 5) is 10.4. The molecular formula is C11H13ClN2O2S. The molecule has 6 heteroatoms. The van der Waals surface area contributed by atoms with Crippen molar-refractivity contribution in [3.8, 4) is 5.88 Å². The summed E-state index contributed by atoms with van der Waals surface area (Å²) in [6, 6.07) is 2.05. The Morgan fingerprint density at radius 1 is 1.35 bits per heavy atom. The highest BCUT2D eigenvalue weighted by atomic mass is 35.5. The molecule has 0 aromatic carbocycles. The lowest BCUT2D eigenvalue weighted by molar-refractivity contribution is 0.144. The van der Waals surface area contributed by atoms with Gasteiger partial charge < -0.3 is 9.47 Å². The highest BCUT2D eigenvalue weighted by Crippen LogP contribution is 2.31. The number of rotatable bonds is 5. The second-order valence-electron chi connectivity index (χ2n) is 3.42. The van der Waals surface area contributed by atoms with Crippen molar-refractivity contribution in [1.82, 2.24) is 9.97 Å². The van der Waals surface area contributed by atoms with Gasteiger partial charge in [-0.3, -0.25) is 0 Å². The molecule has 2 aromatic heterocycles. The highest BCUT2D eigenvalue weighted by Gasteiger charge is 2.11. The third kappa shape index (κ3) is 2.86. The summed E-state index contributed by atoms with van der Waals surface area (Å²) < 4.78 is 10.5. The molecule has 0 fully saturated rings. The lowest BCUT2D eigenvalue weighted by Gasteiger charge is -2.05. The van der Waals surface area contributed by atoms with Crippen LogP contribution in [0.15, 0.2) is 6.07 Å². The first-order valence-electron chi connectivity index (χ1n) is 5.32. The summed E-state index contributed by atoms with van der Waals surface area (Å²) in [5.74, 6) is 0.535. The van der Waals surface area contributed by atoms with E-state index in [4.69, 9.17) is 21.1 Å². The van der Waals surface area contributed by atoms with Crippen molar-refractivity contribution in [2.45, 2.75) is 13.3 Å². The lowest BCUT2D eigenvalue weighted by atomic mass is 10.3. The van der Waals surface area contributed by atoms with Gasteiger partial charge in [0.1, 0.15) is 11.4 Å². The number of nitrogens with zero attached hydrogens (tertiary/aromatic N) is 2. The number of aryl methyl sites for hydroxylation is 1. The summed E-state index contributed by atoms with van der Waals surface area (Å²) in [5, 5.41) is 1.14. The number of ether oxygens (including phenoxy) is 2. The van der Waals surface area contributed by atoms with Crippen molar-refractivity contribution in [3.05, 3.63) is 16.2 Å². The Hall–Kier alpha value is -0.910. The van der Waals surface area contributed by atoms with Gasteiger partial charge in [-0.1, -0.05) is 6.92 Å². The molecule has 2 aromatic rings. The zero-order chi connectivity index (χ0) is 12.3. The van der Waals surface area contributed by atoms with E-state index in [0.717, 1.165) is 16.6 Å². The van der Waals surface area contributed by atoms with E-state index in [9.17, 15) is 0 Å². The largest absolute Gasteiger partial charge is 0.475 e. The van der Waals surface area contributed by atoms with Crippen LogP contribution >= 0.6 is 22.9 Å². The van der Waals surface area contributed by atoms with Gasteiger partial charge in [-0.2, -0.15) is 4.98 Å². The van der Waals surface area contributed by atoms with Crippen molar-refractivity contribution in [2.24, 2.45) is 0 Å². The summed E-state index contributed by atoms with van der Waals surface area (Å²) in [7, 11) is 1.63. The topological polar surface area (TPSA) is 44.2 Å². The van der Waals surface area contributed by atoms with Crippen LogP contribution in [0.2, 0.25) is 5.28 Å². The van der Waals surface area contributed by atoms with Crippen LogP contribution in [-0.2, 0) is 11.2 Å². The molecule has 0 radical (unpaired) electrons. The normalized spacial score (nSPS) is 11.0. The average molecular weight is 273 g/mol. The summed E-state index contributed by atoms with van der Waals surface area (Å²) in [5.41, 5.74) is 0. The maximum atomic E-state index is 5.86. The predicted molar refractivity (Wildman–Crippen MR) is 69.2 cm³/mol. The Morgan fingerprint density at radius 2 is 2.18 bits per heavy atom. The first kappa shape index (κ1) is 12.5. The zero-order valence-corrected chi connectivity index (χ0v) is 11.3. The number of hydrogen-bond acceptors (Lipinski definition) is 5. The number of hydrogen-bond donors (Lipinski definition) is 0. The lowest BCUT2D eigenvalue weighted by Crippen LogP contribution is -2.05. The van der Waals surface area contributed by atoms with Crippen LogP contribution in [-0.4, -0.2) is 30.3 Å². The predicted octanol–water partition coefficient (Wildman–Crippen LogP) is 2.93. The molecule has 0 spiro atoms. The quantitative estimate of drug-likeness (QED) is 0.620. The van der Waals surface area contributed by atoms with Crippen LogP contribution in [0.3, 0.4) is 0 Å². The van der Waals surface area contributed by atoms with Gasteiger partial charge in [0.2, 0.25) is 11.2 Å². The number of thiophene rings is 1. The monoisotopic (exact) mass is 272 g/mol. The van der Waals surface area contributed by atoms with Gasteiger partial charge in [-0.05, 0) is 24.1 Å². The van der Waals surface area contributed by atoms with Crippen LogP contribution in [0.5, 0.6) is 5.88 Å². The molecule has 0 unspecified atom stereocenters. The van der Waals surface area contributed by atoms with E-state index in [2.05, 4.69) is 23.0 Å². The third-order valence-corrected chi connectivity index (χ3v) is 3.60. The molecule has 0 aliphatic rings. The van der Waals surface area contributed by atoms with E-state index in [1.54, 1.807) is 18.4 Å². The van der Waals surface area contributed by atoms with Crippen molar-refractivity contribution in [2.75, 3.05) is 20.3 Å². The fourth-order valence-electron chi connectivity index (χ4n) is 1.43. The molecule has 0 saturated heterocycles. The Bertz CT molecular complexity index is 515. The molecule has 2 heterocycles. The van der Waals surface area contributed by atoms with Crippen LogP contribution in [0.1, 0.15) is 11.8 Å². The second kappa shape index (κ2) is 5.62. The fraction of sp³-hybridized carbons (Fsp3) is 0.455. The van der Waals surface area contributed by atoms with Crippen molar-refractivity contribution in [3.63, 3.8) is 0 Å². The van der Waals surface area contributed by atoms with Crippen molar-refractivity contribution in [1.29, 1.82) is 0 Å². The van der Waals surface area contributed by atoms with Crippen LogP contribution in [0.4, 0.5) is 0 Å². The minimum atomic E-state index is 0.217. The SMILES string of the molecule is CCc1cc2c(OCCOC)nc(Cl)nc2s1. The standard InChI is InChI=1S/C11H13ClN2O2S/c1-3-7-6-8-9(16-5-4-15-2)13-11(12)14-10(8)17-7/h6H,3-5H2,1-2H3. The van der Waals surface area contributed by atoms with Crippen LogP contribution in [0, 0.1) is 0 Å². The van der Waals surface area contributed by atoms with Gasteiger partial charge in [-0.25, -0.2) is 4.98 Å². The molecule has 0 bridgehead atoms. The second-order valence-corrected chi connectivity index (χ2v) is 4.88. The molecule has 4 nitrogen and oxygen atoms in total. The van der Waals surface area contributed by atoms with Crippen molar-refractivity contribution < 1.29 is 9.47 Å². The Labute approximate surface area is 109 Å². The van der Waals surface area contributed by atoms with Crippen LogP contribution in [0.25, 0.3) is 10.2 Å². The van der Waals surface area contributed by atoms with Gasteiger partial charge >= 0.3 is 0 Å². The Kier molecular flexibility index (Phi) is 4.15. The highest BCUT2D eigenvalue weighted by molar-refractivity contribution is 7.18. The zero-order valence-electron chi connectivity index (χ0n) is 9.70. The Morgan fingerprint density at radius 3 is 2.88 bits per heavy atom. The van der Waals surface area contributed by atoms with E-state index in [1.807, 2.05) is 0 Å². The molecule has 0 N–H and O–H groups in total. The average Bonchev–Trinajstić information content (AvgIpc) is 2.72. The fourth-order valence-corrected chi connectivity index (χ4v) is 2.60. The maximum Gasteiger partial charge on any atom is 0.227 e. The summed E-state index contributed by atoms with van der Waals surface area (Å²) in [6.07, 6.45) is 0.968. The van der Waals surface area contributed by atoms with E-state index < -0.39 is 0 Å². The maximum absolute atomic E-state index is 5.86. The van der Waals surface area contributed by atoms with E-state index in [0.29, 0.717) is 19.1 Å². The van der Waals surface area contributed by atoms with E-state index in [-0.39, 0.29) is 5.28 Å².